The van der Waals surface area contributed by atoms with E-state index in [9.17, 15) is 0 Å². The largest absolute Gasteiger partial charge is 0.396 e. The van der Waals surface area contributed by atoms with E-state index in [1.165, 1.54) is 6.42 Å². The molecular formula is C9H21NO2. The van der Waals surface area contributed by atoms with Crippen molar-refractivity contribution in [1.29, 1.82) is 0 Å². The van der Waals surface area contributed by atoms with Gasteiger partial charge in [-0.05, 0) is 19.4 Å². The van der Waals surface area contributed by atoms with Gasteiger partial charge in [0.25, 0.3) is 0 Å². The quantitative estimate of drug-likeness (QED) is 0.535. The highest BCUT2D eigenvalue weighted by molar-refractivity contribution is 4.64. The second-order valence-electron chi connectivity index (χ2n) is 2.97. The molecule has 0 spiro atoms. The molecule has 0 aromatic rings. The van der Waals surface area contributed by atoms with E-state index in [1.54, 1.807) is 7.11 Å². The highest BCUT2D eigenvalue weighted by Crippen LogP contribution is 1.96. The SMILES string of the molecule is CCCC(COC)NCCCO. The van der Waals surface area contributed by atoms with Crippen molar-refractivity contribution in [1.82, 2.24) is 5.32 Å². The number of ether oxygens (including phenoxy) is 1. The molecule has 0 radical (unpaired) electrons. The molecule has 3 nitrogen and oxygen atoms in total. The Bertz CT molecular complexity index is 82.6. The van der Waals surface area contributed by atoms with Crippen molar-refractivity contribution in [3.63, 3.8) is 0 Å². The summed E-state index contributed by atoms with van der Waals surface area (Å²) in [6.07, 6.45) is 3.13. The Labute approximate surface area is 75.1 Å². The van der Waals surface area contributed by atoms with E-state index >= 15 is 0 Å². The van der Waals surface area contributed by atoms with Crippen molar-refractivity contribution < 1.29 is 9.84 Å². The molecule has 0 bridgehead atoms. The lowest BCUT2D eigenvalue weighted by Crippen LogP contribution is -2.34. The van der Waals surface area contributed by atoms with Gasteiger partial charge < -0.3 is 15.2 Å². The van der Waals surface area contributed by atoms with E-state index in [0.717, 1.165) is 26.0 Å². The maximum absolute atomic E-state index is 8.57. The molecule has 3 heteroatoms. The van der Waals surface area contributed by atoms with Crippen LogP contribution in [-0.4, -0.2) is 38.0 Å². The Morgan fingerprint density at radius 3 is 2.75 bits per heavy atom. The average Bonchev–Trinajstić information content (AvgIpc) is 2.06. The van der Waals surface area contributed by atoms with Gasteiger partial charge in [0.1, 0.15) is 0 Å². The Balaban J connectivity index is 3.34. The molecule has 1 atom stereocenters. The topological polar surface area (TPSA) is 41.5 Å². The molecule has 0 saturated carbocycles. The standard InChI is InChI=1S/C9H21NO2/c1-3-5-9(8-12-2)10-6-4-7-11/h9-11H,3-8H2,1-2H3. The molecular weight excluding hydrogens is 154 g/mol. The lowest BCUT2D eigenvalue weighted by molar-refractivity contribution is 0.160. The lowest BCUT2D eigenvalue weighted by Gasteiger charge is -2.16. The van der Waals surface area contributed by atoms with E-state index < -0.39 is 0 Å². The molecule has 1 unspecified atom stereocenters. The summed E-state index contributed by atoms with van der Waals surface area (Å²) in [5.74, 6) is 0. The van der Waals surface area contributed by atoms with Crippen LogP contribution in [0.1, 0.15) is 26.2 Å². The van der Waals surface area contributed by atoms with Gasteiger partial charge in [-0.25, -0.2) is 0 Å². The molecule has 0 aliphatic carbocycles. The molecule has 0 amide bonds. The van der Waals surface area contributed by atoms with Gasteiger partial charge in [-0.1, -0.05) is 13.3 Å². The van der Waals surface area contributed by atoms with Crippen LogP contribution >= 0.6 is 0 Å². The van der Waals surface area contributed by atoms with E-state index in [-0.39, 0.29) is 6.61 Å². The van der Waals surface area contributed by atoms with Gasteiger partial charge in [-0.3, -0.25) is 0 Å². The first kappa shape index (κ1) is 11.9. The summed E-state index contributed by atoms with van der Waals surface area (Å²) in [4.78, 5) is 0. The molecule has 0 rings (SSSR count). The predicted octanol–water partition coefficient (Wildman–Crippen LogP) is 0.774. The zero-order valence-corrected chi connectivity index (χ0v) is 8.18. The van der Waals surface area contributed by atoms with Crippen LogP contribution in [0.5, 0.6) is 0 Å². The maximum Gasteiger partial charge on any atom is 0.0615 e. The highest BCUT2D eigenvalue weighted by atomic mass is 16.5. The summed E-state index contributed by atoms with van der Waals surface area (Å²) >= 11 is 0. The third-order valence-corrected chi connectivity index (χ3v) is 1.77. The van der Waals surface area contributed by atoms with E-state index in [2.05, 4.69) is 12.2 Å². The molecule has 0 aliphatic heterocycles. The van der Waals surface area contributed by atoms with E-state index in [1.807, 2.05) is 0 Å². The summed E-state index contributed by atoms with van der Waals surface area (Å²) in [5, 5.41) is 11.9. The fourth-order valence-electron chi connectivity index (χ4n) is 1.18. The van der Waals surface area contributed by atoms with Crippen LogP contribution in [0, 0.1) is 0 Å². The summed E-state index contributed by atoms with van der Waals surface area (Å²) in [6.45, 7) is 4.07. The minimum Gasteiger partial charge on any atom is -0.396 e. The van der Waals surface area contributed by atoms with Gasteiger partial charge in [0, 0.05) is 19.8 Å². The van der Waals surface area contributed by atoms with Gasteiger partial charge in [0.15, 0.2) is 0 Å². The first-order valence-electron chi connectivity index (χ1n) is 4.68. The van der Waals surface area contributed by atoms with Crippen molar-refractivity contribution in [2.24, 2.45) is 0 Å². The number of hydrogen-bond donors (Lipinski definition) is 2. The van der Waals surface area contributed by atoms with Crippen LogP contribution in [0.25, 0.3) is 0 Å². The molecule has 0 heterocycles. The minimum absolute atomic E-state index is 0.263. The minimum atomic E-state index is 0.263. The van der Waals surface area contributed by atoms with Crippen LogP contribution < -0.4 is 5.32 Å². The highest BCUT2D eigenvalue weighted by Gasteiger charge is 2.04. The first-order chi connectivity index (χ1) is 5.85. The molecule has 0 saturated heterocycles. The zero-order chi connectivity index (χ0) is 9.23. The van der Waals surface area contributed by atoms with Gasteiger partial charge in [-0.2, -0.15) is 0 Å². The van der Waals surface area contributed by atoms with E-state index in [4.69, 9.17) is 9.84 Å². The summed E-state index contributed by atoms with van der Waals surface area (Å²) < 4.78 is 5.06. The summed E-state index contributed by atoms with van der Waals surface area (Å²) in [6, 6.07) is 0.451. The van der Waals surface area contributed by atoms with Gasteiger partial charge in [0.2, 0.25) is 0 Å². The Kier molecular flexibility index (Phi) is 8.88. The number of methoxy groups -OCH3 is 1. The van der Waals surface area contributed by atoms with Crippen molar-refractivity contribution >= 4 is 0 Å². The van der Waals surface area contributed by atoms with Crippen molar-refractivity contribution in [2.75, 3.05) is 26.9 Å². The molecule has 0 aromatic carbocycles. The normalized spacial score (nSPS) is 13.2. The number of aliphatic hydroxyl groups is 1. The molecule has 0 fully saturated rings. The second-order valence-corrected chi connectivity index (χ2v) is 2.97. The van der Waals surface area contributed by atoms with Crippen molar-refractivity contribution in [2.45, 2.75) is 32.2 Å². The smallest absolute Gasteiger partial charge is 0.0615 e. The lowest BCUT2D eigenvalue weighted by atomic mass is 10.2. The third-order valence-electron chi connectivity index (χ3n) is 1.77. The number of rotatable bonds is 8. The Morgan fingerprint density at radius 1 is 1.50 bits per heavy atom. The van der Waals surface area contributed by atoms with Gasteiger partial charge in [-0.15, -0.1) is 0 Å². The van der Waals surface area contributed by atoms with Crippen LogP contribution in [0.15, 0.2) is 0 Å². The van der Waals surface area contributed by atoms with Crippen LogP contribution in [0.3, 0.4) is 0 Å². The molecule has 0 aromatic heterocycles. The third kappa shape index (κ3) is 6.58. The van der Waals surface area contributed by atoms with Gasteiger partial charge >= 0.3 is 0 Å². The predicted molar refractivity (Wildman–Crippen MR) is 50.3 cm³/mol. The number of hydrogen-bond acceptors (Lipinski definition) is 3. The zero-order valence-electron chi connectivity index (χ0n) is 8.18. The number of nitrogens with one attached hydrogen (secondary N) is 1. The van der Waals surface area contributed by atoms with E-state index in [0.29, 0.717) is 6.04 Å². The molecule has 12 heavy (non-hydrogen) atoms. The first-order valence-corrected chi connectivity index (χ1v) is 4.68. The Morgan fingerprint density at radius 2 is 2.25 bits per heavy atom. The van der Waals surface area contributed by atoms with Crippen molar-refractivity contribution in [3.05, 3.63) is 0 Å². The molecule has 0 aliphatic rings. The van der Waals surface area contributed by atoms with Crippen LogP contribution in [0.2, 0.25) is 0 Å². The van der Waals surface area contributed by atoms with Crippen molar-refractivity contribution in [3.8, 4) is 0 Å². The fraction of sp³-hybridized carbons (Fsp3) is 1.00. The second kappa shape index (κ2) is 8.97. The maximum atomic E-state index is 8.57. The molecule has 74 valence electrons. The number of aliphatic hydroxyl groups excluding tert-OH is 1. The Hall–Kier alpha value is -0.120. The molecule has 2 N–H and O–H groups in total. The average molecular weight is 175 g/mol. The fourth-order valence-corrected chi connectivity index (χ4v) is 1.18. The summed E-state index contributed by atoms with van der Waals surface area (Å²) in [5.41, 5.74) is 0. The summed E-state index contributed by atoms with van der Waals surface area (Å²) in [7, 11) is 1.72. The van der Waals surface area contributed by atoms with Crippen LogP contribution in [-0.2, 0) is 4.74 Å². The van der Waals surface area contributed by atoms with Gasteiger partial charge in [0.05, 0.1) is 6.61 Å². The monoisotopic (exact) mass is 175 g/mol. The van der Waals surface area contributed by atoms with Crippen LogP contribution in [0.4, 0.5) is 0 Å².